The lowest BCUT2D eigenvalue weighted by Gasteiger charge is -2.39. The van der Waals surface area contributed by atoms with E-state index in [0.29, 0.717) is 6.61 Å². The maximum Gasteiger partial charge on any atom is 0.405 e. The molecule has 0 aromatic heterocycles. The van der Waals surface area contributed by atoms with E-state index in [-0.39, 0.29) is 11.5 Å². The van der Waals surface area contributed by atoms with Crippen molar-refractivity contribution < 1.29 is 14.6 Å². The van der Waals surface area contributed by atoms with Crippen LogP contribution in [0.3, 0.4) is 0 Å². The Labute approximate surface area is 141 Å². The predicted molar refractivity (Wildman–Crippen MR) is 95.1 cm³/mol. The first kappa shape index (κ1) is 16.1. The lowest BCUT2D eigenvalue weighted by atomic mass is 9.78. The first-order valence-electron chi connectivity index (χ1n) is 7.90. The topological polar surface area (TPSA) is 58.6 Å². The summed E-state index contributed by atoms with van der Waals surface area (Å²) in [7, 11) is 0. The van der Waals surface area contributed by atoms with Gasteiger partial charge < -0.3 is 15.2 Å². The Balaban J connectivity index is 2.02. The number of carboxylic acid groups (broad SMARTS) is 1. The zero-order valence-corrected chi connectivity index (χ0v) is 13.9. The highest BCUT2D eigenvalue weighted by molar-refractivity contribution is 5.70. The molecule has 0 aliphatic carbocycles. The van der Waals surface area contributed by atoms with E-state index in [2.05, 4.69) is 18.0 Å². The monoisotopic (exact) mass is 323 g/mol. The molecule has 2 N–H and O–H groups in total. The third-order valence-corrected chi connectivity index (χ3v) is 4.43. The summed E-state index contributed by atoms with van der Waals surface area (Å²) in [5.41, 5.74) is 3.72. The number of hydrogen-bond acceptors (Lipinski definition) is 2. The smallest absolute Gasteiger partial charge is 0.405 e. The number of rotatable bonds is 3. The third kappa shape index (κ3) is 3.00. The molecule has 1 amide bonds. The number of nitrogens with one attached hydrogen (secondary N) is 1. The van der Waals surface area contributed by atoms with E-state index in [9.17, 15) is 4.79 Å². The van der Waals surface area contributed by atoms with Gasteiger partial charge in [-0.25, -0.2) is 4.79 Å². The number of hydrogen-bond donors (Lipinski definition) is 2. The van der Waals surface area contributed by atoms with E-state index < -0.39 is 6.09 Å². The van der Waals surface area contributed by atoms with Crippen LogP contribution in [0.15, 0.2) is 49.0 Å². The van der Waals surface area contributed by atoms with Crippen molar-refractivity contribution in [3.63, 3.8) is 0 Å². The second kappa shape index (κ2) is 6.04. The van der Waals surface area contributed by atoms with Crippen molar-refractivity contribution >= 4 is 12.2 Å². The van der Waals surface area contributed by atoms with E-state index in [0.717, 1.165) is 28.0 Å². The Morgan fingerprint density at radius 2 is 2.04 bits per heavy atom. The van der Waals surface area contributed by atoms with E-state index >= 15 is 0 Å². The molecule has 2 aromatic carbocycles. The molecule has 1 heterocycles. The van der Waals surface area contributed by atoms with Gasteiger partial charge in [0.1, 0.15) is 5.75 Å². The molecule has 0 bridgehead atoms. The van der Waals surface area contributed by atoms with Gasteiger partial charge in [-0.15, -0.1) is 0 Å². The Bertz CT molecular complexity index is 795. The van der Waals surface area contributed by atoms with Crippen molar-refractivity contribution in [1.82, 2.24) is 5.32 Å². The summed E-state index contributed by atoms with van der Waals surface area (Å²) in [6.07, 6.45) is 0.789. The summed E-state index contributed by atoms with van der Waals surface area (Å²) in [4.78, 5) is 11.2. The van der Waals surface area contributed by atoms with Crippen LogP contribution >= 0.6 is 0 Å². The van der Waals surface area contributed by atoms with Gasteiger partial charge in [0, 0.05) is 11.0 Å². The van der Waals surface area contributed by atoms with Crippen molar-refractivity contribution in [2.75, 3.05) is 6.61 Å². The van der Waals surface area contributed by atoms with Crippen molar-refractivity contribution in [1.29, 1.82) is 0 Å². The number of ether oxygens (including phenoxy) is 1. The van der Waals surface area contributed by atoms with Crippen LogP contribution in [0.5, 0.6) is 5.75 Å². The zero-order valence-electron chi connectivity index (χ0n) is 13.9. The fourth-order valence-electron chi connectivity index (χ4n) is 3.09. The number of amides is 1. The molecule has 0 saturated carbocycles. The molecule has 1 unspecified atom stereocenters. The molecule has 1 aliphatic rings. The van der Waals surface area contributed by atoms with E-state index in [4.69, 9.17) is 9.84 Å². The molecule has 124 valence electrons. The van der Waals surface area contributed by atoms with Crippen molar-refractivity contribution in [2.45, 2.75) is 19.9 Å². The average molecular weight is 323 g/mol. The summed E-state index contributed by atoms with van der Waals surface area (Å²) in [5.74, 6) is 0.731. The van der Waals surface area contributed by atoms with Gasteiger partial charge in [-0.1, -0.05) is 56.8 Å². The van der Waals surface area contributed by atoms with Crippen LogP contribution in [-0.2, 0) is 0 Å². The quantitative estimate of drug-likeness (QED) is 0.859. The van der Waals surface area contributed by atoms with Crippen LogP contribution in [-0.4, -0.2) is 17.8 Å². The normalized spacial score (nSPS) is 18.2. The van der Waals surface area contributed by atoms with Gasteiger partial charge in [0.2, 0.25) is 0 Å². The van der Waals surface area contributed by atoms with Crippen molar-refractivity contribution in [2.24, 2.45) is 5.41 Å². The molecule has 4 heteroatoms. The maximum atomic E-state index is 11.2. The molecule has 3 rings (SSSR count). The number of fused-ring (bicyclic) bond motifs is 1. The van der Waals surface area contributed by atoms with Gasteiger partial charge in [-0.3, -0.25) is 0 Å². The first-order chi connectivity index (χ1) is 11.4. The summed E-state index contributed by atoms with van der Waals surface area (Å²) in [6.45, 7) is 8.26. The lowest BCUT2D eigenvalue weighted by molar-refractivity contribution is 0.0996. The Morgan fingerprint density at radius 1 is 1.29 bits per heavy atom. The average Bonchev–Trinajstić information content (AvgIpc) is 2.57. The van der Waals surface area contributed by atoms with Crippen molar-refractivity contribution in [3.8, 4) is 16.9 Å². The number of carbonyl (C=O) groups is 1. The minimum Gasteiger partial charge on any atom is -0.493 e. The summed E-state index contributed by atoms with van der Waals surface area (Å²) >= 11 is 0. The van der Waals surface area contributed by atoms with Gasteiger partial charge in [0.15, 0.2) is 0 Å². The second-order valence-corrected chi connectivity index (χ2v) is 6.74. The molecular weight excluding hydrogens is 302 g/mol. The zero-order chi connectivity index (χ0) is 17.3. The Kier molecular flexibility index (Phi) is 4.06. The Morgan fingerprint density at radius 3 is 2.75 bits per heavy atom. The van der Waals surface area contributed by atoms with Crippen LogP contribution in [0.25, 0.3) is 17.2 Å². The molecule has 1 atom stereocenters. The third-order valence-electron chi connectivity index (χ3n) is 4.43. The summed E-state index contributed by atoms with van der Waals surface area (Å²) < 4.78 is 5.92. The highest BCUT2D eigenvalue weighted by atomic mass is 16.5. The van der Waals surface area contributed by atoms with Crippen molar-refractivity contribution in [3.05, 3.63) is 60.2 Å². The van der Waals surface area contributed by atoms with E-state index in [1.165, 1.54) is 0 Å². The fraction of sp³-hybridized carbons (Fsp3) is 0.250. The van der Waals surface area contributed by atoms with Gasteiger partial charge >= 0.3 is 6.09 Å². The van der Waals surface area contributed by atoms with Gasteiger partial charge in [-0.2, -0.15) is 0 Å². The van der Waals surface area contributed by atoms with Crippen LogP contribution in [0.1, 0.15) is 31.0 Å². The Hall–Kier alpha value is -2.75. The molecule has 0 saturated heterocycles. The SMILES string of the molecule is C=Cc1cccc(-c2ccc3c(c2)OCC(C)(C)C3NC(=O)O)c1. The summed E-state index contributed by atoms with van der Waals surface area (Å²) in [5, 5.41) is 11.8. The highest BCUT2D eigenvalue weighted by Gasteiger charge is 2.38. The second-order valence-electron chi connectivity index (χ2n) is 6.74. The molecule has 24 heavy (non-hydrogen) atoms. The van der Waals surface area contributed by atoms with Crippen LogP contribution in [0.2, 0.25) is 0 Å². The largest absolute Gasteiger partial charge is 0.493 e. The fourth-order valence-corrected chi connectivity index (χ4v) is 3.09. The lowest BCUT2D eigenvalue weighted by Crippen LogP contribution is -2.43. The molecule has 0 spiro atoms. The van der Waals surface area contributed by atoms with Gasteiger partial charge in [0.05, 0.1) is 12.6 Å². The van der Waals surface area contributed by atoms with Gasteiger partial charge in [0.25, 0.3) is 0 Å². The molecule has 1 aliphatic heterocycles. The highest BCUT2D eigenvalue weighted by Crippen LogP contribution is 2.44. The minimum absolute atomic E-state index is 0.299. The van der Waals surface area contributed by atoms with E-state index in [1.54, 1.807) is 0 Å². The van der Waals surface area contributed by atoms with Gasteiger partial charge in [-0.05, 0) is 28.8 Å². The molecule has 4 nitrogen and oxygen atoms in total. The molecule has 2 aromatic rings. The molecule has 0 fully saturated rings. The predicted octanol–water partition coefficient (Wildman–Crippen LogP) is 4.72. The molecule has 0 radical (unpaired) electrons. The van der Waals surface area contributed by atoms with Crippen LogP contribution in [0.4, 0.5) is 4.79 Å². The van der Waals surface area contributed by atoms with Crippen LogP contribution in [0, 0.1) is 5.41 Å². The maximum absolute atomic E-state index is 11.2. The van der Waals surface area contributed by atoms with Crippen LogP contribution < -0.4 is 10.1 Å². The number of benzene rings is 2. The first-order valence-corrected chi connectivity index (χ1v) is 7.90. The minimum atomic E-state index is -1.02. The van der Waals surface area contributed by atoms with E-state index in [1.807, 2.05) is 56.3 Å². The summed E-state index contributed by atoms with van der Waals surface area (Å²) in [6, 6.07) is 13.7. The standard InChI is InChI=1S/C20H21NO3/c1-4-13-6-5-7-14(10-13)15-8-9-16-17(11-15)24-12-20(2,3)18(16)21-19(22)23/h4-11,18,21H,1,12H2,2-3H3,(H,22,23). The molecular formula is C20H21NO3.